The van der Waals surface area contributed by atoms with Gasteiger partial charge in [-0.1, -0.05) is 50.3 Å². The quantitative estimate of drug-likeness (QED) is 0.355. The Labute approximate surface area is 212 Å². The van der Waals surface area contributed by atoms with Crippen LogP contribution in [0.4, 0.5) is 4.39 Å². The summed E-state index contributed by atoms with van der Waals surface area (Å²) in [4.78, 5) is 30.2. The Bertz CT molecular complexity index is 1070. The molecule has 1 fully saturated rings. The first kappa shape index (κ1) is 27.2. The van der Waals surface area contributed by atoms with Gasteiger partial charge < -0.3 is 15.2 Å². The molecular formula is C28H36FN3O4. The zero-order chi connectivity index (χ0) is 25.9. The number of aliphatic imine (C=N–C) groups is 1. The first-order valence-corrected chi connectivity index (χ1v) is 12.5. The van der Waals surface area contributed by atoms with Gasteiger partial charge in [-0.2, -0.15) is 0 Å². The zero-order valence-electron chi connectivity index (χ0n) is 21.1. The number of guanidine groups is 1. The molecule has 1 aliphatic rings. The van der Waals surface area contributed by atoms with E-state index in [0.29, 0.717) is 24.5 Å². The molecule has 0 saturated heterocycles. The number of Topliss-reactive ketones (excluding diaryl/α,β-unsaturated/α-hetero) is 1. The topological polar surface area (TPSA) is 103 Å². The monoisotopic (exact) mass is 497 g/mol. The van der Waals surface area contributed by atoms with E-state index in [1.54, 1.807) is 31.4 Å². The fourth-order valence-electron chi connectivity index (χ4n) is 4.64. The fourth-order valence-corrected chi connectivity index (χ4v) is 4.64. The summed E-state index contributed by atoms with van der Waals surface area (Å²) in [5.41, 5.74) is 7.66. The van der Waals surface area contributed by atoms with E-state index in [0.717, 1.165) is 36.8 Å². The molecule has 3 N–H and O–H groups in total. The number of nitrogens with zero attached hydrogens (tertiary/aromatic N) is 1. The Morgan fingerprint density at radius 3 is 2.58 bits per heavy atom. The van der Waals surface area contributed by atoms with Crippen molar-refractivity contribution < 1.29 is 23.5 Å². The van der Waals surface area contributed by atoms with E-state index in [1.807, 2.05) is 12.1 Å². The van der Waals surface area contributed by atoms with Crippen LogP contribution in [0.15, 0.2) is 47.5 Å². The summed E-state index contributed by atoms with van der Waals surface area (Å²) in [6.07, 6.45) is 7.04. The van der Waals surface area contributed by atoms with Crippen LogP contribution in [0.1, 0.15) is 56.1 Å². The molecule has 0 spiro atoms. The Balaban J connectivity index is 1.65. The first-order valence-electron chi connectivity index (χ1n) is 12.5. The van der Waals surface area contributed by atoms with Crippen molar-refractivity contribution in [3.8, 4) is 11.5 Å². The van der Waals surface area contributed by atoms with Crippen LogP contribution in [0.25, 0.3) is 0 Å². The molecule has 2 aromatic carbocycles. The van der Waals surface area contributed by atoms with Gasteiger partial charge in [-0.05, 0) is 54.2 Å². The molecule has 2 aromatic rings. The van der Waals surface area contributed by atoms with Gasteiger partial charge in [0.25, 0.3) is 0 Å². The molecule has 0 heterocycles. The molecule has 1 aliphatic carbocycles. The zero-order valence-corrected chi connectivity index (χ0v) is 21.1. The number of halogens is 1. The van der Waals surface area contributed by atoms with Crippen molar-refractivity contribution >= 4 is 17.6 Å². The van der Waals surface area contributed by atoms with Crippen molar-refractivity contribution in [3.63, 3.8) is 0 Å². The number of amides is 1. The molecule has 0 aliphatic heterocycles. The van der Waals surface area contributed by atoms with Crippen LogP contribution >= 0.6 is 0 Å². The highest BCUT2D eigenvalue weighted by molar-refractivity contribution is 5.98. The summed E-state index contributed by atoms with van der Waals surface area (Å²) >= 11 is 0. The van der Waals surface area contributed by atoms with E-state index in [2.05, 4.69) is 10.3 Å². The summed E-state index contributed by atoms with van der Waals surface area (Å²) in [7, 11) is 2.98. The second kappa shape index (κ2) is 13.6. The van der Waals surface area contributed by atoms with Crippen LogP contribution in [-0.4, -0.2) is 37.9 Å². The molecule has 1 atom stereocenters. The number of hydrogen-bond acceptors (Lipinski definition) is 5. The highest BCUT2D eigenvalue weighted by Gasteiger charge is 2.24. The molecule has 194 valence electrons. The van der Waals surface area contributed by atoms with Gasteiger partial charge in [0, 0.05) is 6.42 Å². The lowest BCUT2D eigenvalue weighted by Gasteiger charge is -2.24. The lowest BCUT2D eigenvalue weighted by molar-refractivity contribution is -0.121. The molecule has 1 amide bonds. The third kappa shape index (κ3) is 8.36. The molecule has 0 bridgehead atoms. The molecule has 1 saturated carbocycles. The lowest BCUT2D eigenvalue weighted by atomic mass is 9.83. The predicted molar refractivity (Wildman–Crippen MR) is 138 cm³/mol. The van der Waals surface area contributed by atoms with E-state index >= 15 is 0 Å². The standard InChI is InChI=1S/C28H36FN3O4/c1-35-22-10-6-9-21(15-22)18-27(34)32-28(30)31-24(16-19-7-4-3-5-8-19)25(33)14-12-20-11-13-23(29)26(17-20)36-2/h6,9-11,13,15,17,19,24H,3-5,7-8,12,14,16,18H2,1-2H3,(H3,30,31,32,34)/t24-/m1/s1. The van der Waals surface area contributed by atoms with Gasteiger partial charge >= 0.3 is 0 Å². The Morgan fingerprint density at radius 1 is 1.08 bits per heavy atom. The van der Waals surface area contributed by atoms with Crippen molar-refractivity contribution in [1.82, 2.24) is 5.32 Å². The lowest BCUT2D eigenvalue weighted by Crippen LogP contribution is -2.40. The van der Waals surface area contributed by atoms with Crippen molar-refractivity contribution in [1.29, 1.82) is 0 Å². The number of methoxy groups -OCH3 is 2. The Kier molecular flexibility index (Phi) is 10.3. The fraction of sp³-hybridized carbons (Fsp3) is 0.464. The van der Waals surface area contributed by atoms with E-state index in [9.17, 15) is 14.0 Å². The van der Waals surface area contributed by atoms with Crippen LogP contribution < -0.4 is 20.5 Å². The number of ketones is 1. The smallest absolute Gasteiger partial charge is 0.231 e. The van der Waals surface area contributed by atoms with Crippen molar-refractivity contribution in [3.05, 3.63) is 59.4 Å². The van der Waals surface area contributed by atoms with E-state index in [4.69, 9.17) is 15.2 Å². The highest BCUT2D eigenvalue weighted by Crippen LogP contribution is 2.29. The number of benzene rings is 2. The van der Waals surface area contributed by atoms with Gasteiger partial charge in [0.15, 0.2) is 23.3 Å². The number of nitrogens with two attached hydrogens (primary N) is 1. The third-order valence-electron chi connectivity index (χ3n) is 6.59. The largest absolute Gasteiger partial charge is 0.497 e. The maximum absolute atomic E-state index is 13.7. The Morgan fingerprint density at radius 2 is 1.86 bits per heavy atom. The summed E-state index contributed by atoms with van der Waals surface area (Å²) in [5.74, 6) is 0.368. The summed E-state index contributed by atoms with van der Waals surface area (Å²) < 4.78 is 24.0. The average Bonchev–Trinajstić information content (AvgIpc) is 2.88. The molecule has 8 heteroatoms. The molecule has 0 unspecified atom stereocenters. The molecule has 0 aromatic heterocycles. The van der Waals surface area contributed by atoms with E-state index < -0.39 is 11.9 Å². The van der Waals surface area contributed by atoms with Crippen molar-refractivity contribution in [2.24, 2.45) is 16.6 Å². The summed E-state index contributed by atoms with van der Waals surface area (Å²) in [6, 6.07) is 11.2. The van der Waals surface area contributed by atoms with Gasteiger partial charge in [0.2, 0.25) is 5.91 Å². The number of nitrogens with one attached hydrogen (secondary N) is 1. The number of carbonyl (C=O) groups is 2. The van der Waals surface area contributed by atoms with E-state index in [1.165, 1.54) is 19.6 Å². The van der Waals surface area contributed by atoms with Gasteiger partial charge in [-0.3, -0.25) is 14.9 Å². The normalized spacial score (nSPS) is 15.2. The number of rotatable bonds is 11. The maximum Gasteiger partial charge on any atom is 0.231 e. The minimum Gasteiger partial charge on any atom is -0.497 e. The average molecular weight is 498 g/mol. The molecular weight excluding hydrogens is 461 g/mol. The van der Waals surface area contributed by atoms with E-state index in [-0.39, 0.29) is 36.2 Å². The Hall–Kier alpha value is -3.42. The minimum absolute atomic E-state index is 0.0474. The van der Waals surface area contributed by atoms with Crippen LogP contribution in [-0.2, 0) is 22.4 Å². The number of hydrogen-bond donors (Lipinski definition) is 2. The third-order valence-corrected chi connectivity index (χ3v) is 6.59. The number of aryl methyl sites for hydroxylation is 1. The predicted octanol–water partition coefficient (Wildman–Crippen LogP) is 4.36. The van der Waals surface area contributed by atoms with Gasteiger partial charge in [-0.25, -0.2) is 9.38 Å². The van der Waals surface area contributed by atoms with Gasteiger partial charge in [-0.15, -0.1) is 0 Å². The molecule has 7 nitrogen and oxygen atoms in total. The van der Waals surface area contributed by atoms with Crippen molar-refractivity contribution in [2.45, 2.75) is 63.8 Å². The number of ether oxygens (including phenoxy) is 2. The van der Waals surface area contributed by atoms with Crippen LogP contribution in [0.3, 0.4) is 0 Å². The summed E-state index contributed by atoms with van der Waals surface area (Å²) in [6.45, 7) is 0. The molecule has 36 heavy (non-hydrogen) atoms. The van der Waals surface area contributed by atoms with Crippen molar-refractivity contribution in [2.75, 3.05) is 14.2 Å². The molecule has 0 radical (unpaired) electrons. The van der Waals surface area contributed by atoms with Gasteiger partial charge in [0.05, 0.1) is 20.6 Å². The van der Waals surface area contributed by atoms with Gasteiger partial charge in [0.1, 0.15) is 11.8 Å². The maximum atomic E-state index is 13.7. The molecule has 3 rings (SSSR count). The highest BCUT2D eigenvalue weighted by atomic mass is 19.1. The number of carbonyl (C=O) groups excluding carboxylic acids is 2. The first-order chi connectivity index (χ1) is 17.4. The van der Waals surface area contributed by atoms with Crippen LogP contribution in [0, 0.1) is 11.7 Å². The SMILES string of the molecule is COc1cccc(CC(=O)NC(N)=N[C@H](CC2CCCCC2)C(=O)CCc2ccc(F)c(OC)c2)c1. The summed E-state index contributed by atoms with van der Waals surface area (Å²) in [5, 5.41) is 2.62. The van der Waals surface area contributed by atoms with Crippen LogP contribution in [0.5, 0.6) is 11.5 Å². The second-order valence-corrected chi connectivity index (χ2v) is 9.28. The second-order valence-electron chi connectivity index (χ2n) is 9.28. The minimum atomic E-state index is -0.632. The van der Waals surface area contributed by atoms with Crippen LogP contribution in [0.2, 0.25) is 0 Å².